The summed E-state index contributed by atoms with van der Waals surface area (Å²) in [6, 6.07) is 0. The van der Waals surface area contributed by atoms with Gasteiger partial charge in [-0.3, -0.25) is 4.79 Å². The number of rotatable bonds is 6. The van der Waals surface area contributed by atoms with Gasteiger partial charge in [0.05, 0.1) is 6.26 Å². The van der Waals surface area contributed by atoms with E-state index in [9.17, 15) is 4.79 Å². The summed E-state index contributed by atoms with van der Waals surface area (Å²) in [6.45, 7) is 14.6. The van der Waals surface area contributed by atoms with Crippen molar-refractivity contribution in [3.63, 3.8) is 0 Å². The maximum absolute atomic E-state index is 11.0. The third-order valence-electron chi connectivity index (χ3n) is 2.00. The van der Waals surface area contributed by atoms with E-state index in [4.69, 9.17) is 4.74 Å². The summed E-state index contributed by atoms with van der Waals surface area (Å²) in [7, 11) is 0. The number of ketones is 1. The Kier molecular flexibility index (Phi) is 6.64. The minimum atomic E-state index is -0.0192. The number of allylic oxidation sites excluding steroid dienone is 5. The summed E-state index contributed by atoms with van der Waals surface area (Å²) in [5.41, 5.74) is 2.53. The molecular formula is C15H20O2. The van der Waals surface area contributed by atoms with Gasteiger partial charge in [-0.05, 0) is 27.7 Å². The molecule has 0 saturated heterocycles. The summed E-state index contributed by atoms with van der Waals surface area (Å²) in [5, 5.41) is 0. The van der Waals surface area contributed by atoms with Crippen molar-refractivity contribution in [1.29, 1.82) is 0 Å². The quantitative estimate of drug-likeness (QED) is 0.392. The van der Waals surface area contributed by atoms with Crippen LogP contribution in [0.1, 0.15) is 27.7 Å². The Bertz CT molecular complexity index is 403. The molecule has 17 heavy (non-hydrogen) atoms. The van der Waals surface area contributed by atoms with Crippen LogP contribution in [-0.2, 0) is 9.53 Å². The fourth-order valence-electron chi connectivity index (χ4n) is 0.970. The zero-order valence-electron chi connectivity index (χ0n) is 11.0. The smallest absolute Gasteiger partial charge is 0.158 e. The Balaban J connectivity index is 4.85. The summed E-state index contributed by atoms with van der Waals surface area (Å²) < 4.78 is 5.34. The van der Waals surface area contributed by atoms with E-state index < -0.39 is 0 Å². The maximum atomic E-state index is 11.0. The summed E-state index contributed by atoms with van der Waals surface area (Å²) in [6.07, 6.45) is 6.85. The van der Waals surface area contributed by atoms with Gasteiger partial charge in [0, 0.05) is 11.1 Å². The Hall–Kier alpha value is -1.83. The molecule has 0 radical (unpaired) electrons. The zero-order valence-corrected chi connectivity index (χ0v) is 11.0. The molecule has 0 aromatic carbocycles. The molecule has 0 aliphatic rings. The predicted octanol–water partition coefficient (Wildman–Crippen LogP) is 4.09. The molecule has 2 heteroatoms. The van der Waals surface area contributed by atoms with Crippen LogP contribution in [0.5, 0.6) is 0 Å². The average molecular weight is 232 g/mol. The highest BCUT2D eigenvalue weighted by Crippen LogP contribution is 2.14. The summed E-state index contributed by atoms with van der Waals surface area (Å²) in [4.78, 5) is 11.0. The molecular weight excluding hydrogens is 212 g/mol. The second kappa shape index (κ2) is 7.44. The van der Waals surface area contributed by atoms with E-state index in [2.05, 4.69) is 13.2 Å². The lowest BCUT2D eigenvalue weighted by atomic mass is 10.1. The number of hydrogen-bond donors (Lipinski definition) is 0. The highest BCUT2D eigenvalue weighted by molar-refractivity contribution is 5.92. The molecule has 2 nitrogen and oxygen atoms in total. The molecule has 0 fully saturated rings. The van der Waals surface area contributed by atoms with Crippen LogP contribution in [0.4, 0.5) is 0 Å². The Labute approximate surface area is 104 Å². The topological polar surface area (TPSA) is 26.3 Å². The van der Waals surface area contributed by atoms with Gasteiger partial charge >= 0.3 is 0 Å². The van der Waals surface area contributed by atoms with Crippen molar-refractivity contribution in [2.24, 2.45) is 0 Å². The summed E-state index contributed by atoms with van der Waals surface area (Å²) >= 11 is 0. The van der Waals surface area contributed by atoms with Crippen molar-refractivity contribution in [1.82, 2.24) is 0 Å². The molecule has 0 atom stereocenters. The maximum Gasteiger partial charge on any atom is 0.158 e. The molecule has 0 aliphatic carbocycles. The summed E-state index contributed by atoms with van der Waals surface area (Å²) in [5.74, 6) is 0.473. The van der Waals surface area contributed by atoms with Gasteiger partial charge in [0.1, 0.15) is 5.76 Å². The number of Topliss-reactive ketones (excluding diaryl/α,β-unsaturated/α-hetero) is 1. The minimum Gasteiger partial charge on any atom is -0.465 e. The second-order valence-electron chi connectivity index (χ2n) is 3.98. The Morgan fingerprint density at radius 1 is 1.18 bits per heavy atom. The lowest BCUT2D eigenvalue weighted by Gasteiger charge is -2.07. The minimum absolute atomic E-state index is 0.0192. The molecule has 0 N–H and O–H groups in total. The van der Waals surface area contributed by atoms with Crippen LogP contribution in [0.25, 0.3) is 0 Å². The van der Waals surface area contributed by atoms with Crippen LogP contribution >= 0.6 is 0 Å². The van der Waals surface area contributed by atoms with E-state index in [1.54, 1.807) is 13.0 Å². The van der Waals surface area contributed by atoms with Crippen molar-refractivity contribution in [3.05, 3.63) is 60.1 Å². The van der Waals surface area contributed by atoms with Gasteiger partial charge in [0.25, 0.3) is 0 Å². The fraction of sp³-hybridized carbons (Fsp3) is 0.267. The normalized spacial score (nSPS) is 11.8. The zero-order chi connectivity index (χ0) is 13.4. The van der Waals surface area contributed by atoms with Crippen LogP contribution in [-0.4, -0.2) is 5.78 Å². The van der Waals surface area contributed by atoms with Crippen LogP contribution < -0.4 is 0 Å². The highest BCUT2D eigenvalue weighted by atomic mass is 16.5. The van der Waals surface area contributed by atoms with Crippen molar-refractivity contribution in [3.8, 4) is 0 Å². The van der Waals surface area contributed by atoms with Gasteiger partial charge in [-0.25, -0.2) is 0 Å². The largest absolute Gasteiger partial charge is 0.465 e. The van der Waals surface area contributed by atoms with Crippen molar-refractivity contribution >= 4 is 5.78 Å². The first kappa shape index (κ1) is 15.2. The standard InChI is InChI=1S/C15H20O2/c1-7-8-15(9-11(2)3)14(6)17-10-12(4)13(5)16/h7-10H,1,6H2,2-5H3/b12-10+,15-8+. The first-order valence-electron chi connectivity index (χ1n) is 5.39. The van der Waals surface area contributed by atoms with Gasteiger partial charge in [-0.2, -0.15) is 0 Å². The molecule has 0 aromatic heterocycles. The molecule has 0 aliphatic heterocycles. The highest BCUT2D eigenvalue weighted by Gasteiger charge is 2.01. The molecule has 0 bridgehead atoms. The van der Waals surface area contributed by atoms with Gasteiger partial charge < -0.3 is 4.74 Å². The van der Waals surface area contributed by atoms with Crippen molar-refractivity contribution < 1.29 is 9.53 Å². The fourth-order valence-corrected chi connectivity index (χ4v) is 0.970. The number of carbonyl (C=O) groups excluding carboxylic acids is 1. The molecule has 0 spiro atoms. The van der Waals surface area contributed by atoms with Crippen molar-refractivity contribution in [2.45, 2.75) is 27.7 Å². The molecule has 0 unspecified atom stereocenters. The van der Waals surface area contributed by atoms with Crippen LogP contribution in [0, 0.1) is 0 Å². The SMILES string of the molecule is C=C/C=C(\C=C(C)C)C(=C)O/C=C(\C)C(C)=O. The lowest BCUT2D eigenvalue weighted by molar-refractivity contribution is -0.113. The third-order valence-corrected chi connectivity index (χ3v) is 2.00. The Morgan fingerprint density at radius 3 is 2.18 bits per heavy atom. The van der Waals surface area contributed by atoms with Crippen LogP contribution in [0.3, 0.4) is 0 Å². The Morgan fingerprint density at radius 2 is 1.76 bits per heavy atom. The van der Waals surface area contributed by atoms with Gasteiger partial charge in [0.2, 0.25) is 0 Å². The van der Waals surface area contributed by atoms with E-state index in [-0.39, 0.29) is 5.78 Å². The van der Waals surface area contributed by atoms with E-state index in [1.165, 1.54) is 13.2 Å². The van der Waals surface area contributed by atoms with Crippen LogP contribution in [0.15, 0.2) is 60.1 Å². The van der Waals surface area contributed by atoms with E-state index in [0.717, 1.165) is 11.1 Å². The van der Waals surface area contributed by atoms with Gasteiger partial charge in [0.15, 0.2) is 5.78 Å². The number of hydrogen-bond acceptors (Lipinski definition) is 2. The van der Waals surface area contributed by atoms with Gasteiger partial charge in [-0.15, -0.1) is 0 Å². The van der Waals surface area contributed by atoms with Crippen molar-refractivity contribution in [2.75, 3.05) is 0 Å². The number of carbonyl (C=O) groups is 1. The molecule has 92 valence electrons. The third kappa shape index (κ3) is 6.36. The van der Waals surface area contributed by atoms with Crippen LogP contribution in [0.2, 0.25) is 0 Å². The second-order valence-corrected chi connectivity index (χ2v) is 3.98. The van der Waals surface area contributed by atoms with E-state index in [0.29, 0.717) is 11.3 Å². The average Bonchev–Trinajstić information content (AvgIpc) is 2.23. The van der Waals surface area contributed by atoms with E-state index in [1.807, 2.05) is 26.0 Å². The first-order valence-corrected chi connectivity index (χ1v) is 5.39. The van der Waals surface area contributed by atoms with E-state index >= 15 is 0 Å². The predicted molar refractivity (Wildman–Crippen MR) is 72.4 cm³/mol. The molecule has 0 amide bonds. The van der Waals surface area contributed by atoms with Gasteiger partial charge in [-0.1, -0.05) is 37.0 Å². The molecule has 0 heterocycles. The first-order chi connectivity index (χ1) is 7.88. The molecule has 0 aromatic rings. The lowest BCUT2D eigenvalue weighted by Crippen LogP contribution is -1.94. The molecule has 0 saturated carbocycles. The monoisotopic (exact) mass is 232 g/mol. The number of ether oxygens (including phenoxy) is 1. The molecule has 0 rings (SSSR count).